The molecule has 0 aromatic heterocycles. The van der Waals surface area contributed by atoms with E-state index in [9.17, 15) is 0 Å². The lowest BCUT2D eigenvalue weighted by Crippen LogP contribution is -2.33. The Balaban J connectivity index is 1.38. The van der Waals surface area contributed by atoms with Gasteiger partial charge in [-0.3, -0.25) is 0 Å². The van der Waals surface area contributed by atoms with Gasteiger partial charge in [0.25, 0.3) is 0 Å². The molecule has 2 aliphatic rings. The van der Waals surface area contributed by atoms with Gasteiger partial charge in [-0.2, -0.15) is 5.10 Å². The van der Waals surface area contributed by atoms with E-state index in [1.807, 2.05) is 6.07 Å². The standard InChI is InChI=1S/C29H32N2O2/c1-3-4-5-8-19-32-24-17-15-23(16-18-24)29-31-27(25-9-6-7-10-28(25)33-29)20-26(30-31)22-13-11-21(2)12-14-22/h6-7,9-18,27,29H,3-5,8,19-20H2,1-2H3. The number of unbranched alkanes of at least 4 members (excludes halogenated alkanes) is 3. The smallest absolute Gasteiger partial charge is 0.213 e. The highest BCUT2D eigenvalue weighted by Gasteiger charge is 2.40. The van der Waals surface area contributed by atoms with E-state index < -0.39 is 0 Å². The molecule has 0 spiro atoms. The lowest BCUT2D eigenvalue weighted by atomic mass is 9.95. The maximum absolute atomic E-state index is 6.48. The minimum atomic E-state index is -0.258. The van der Waals surface area contributed by atoms with Crippen LogP contribution in [-0.4, -0.2) is 17.3 Å². The number of para-hydroxylation sites is 1. The molecule has 0 amide bonds. The number of rotatable bonds is 8. The van der Waals surface area contributed by atoms with Crippen molar-refractivity contribution in [3.05, 3.63) is 95.1 Å². The highest BCUT2D eigenvalue weighted by Crippen LogP contribution is 2.47. The van der Waals surface area contributed by atoms with Crippen molar-refractivity contribution in [2.24, 2.45) is 5.10 Å². The number of ether oxygens (including phenoxy) is 2. The first-order valence-corrected chi connectivity index (χ1v) is 12.1. The van der Waals surface area contributed by atoms with Crippen molar-refractivity contribution in [2.45, 2.75) is 58.2 Å². The zero-order valence-corrected chi connectivity index (χ0v) is 19.5. The molecular formula is C29H32N2O2. The largest absolute Gasteiger partial charge is 0.494 e. The Kier molecular flexibility index (Phi) is 6.34. The van der Waals surface area contributed by atoms with Crippen LogP contribution in [0.25, 0.3) is 0 Å². The molecule has 3 aromatic carbocycles. The van der Waals surface area contributed by atoms with E-state index in [2.05, 4.69) is 85.6 Å². The SMILES string of the molecule is CCCCCCOc1ccc(C2Oc3ccccc3C3CC(c4ccc(C)cc4)=NN32)cc1. The van der Waals surface area contributed by atoms with Crippen molar-refractivity contribution in [2.75, 3.05) is 6.61 Å². The molecule has 2 unspecified atom stereocenters. The lowest BCUT2D eigenvalue weighted by molar-refractivity contribution is -0.0190. The van der Waals surface area contributed by atoms with Crippen LogP contribution in [0.15, 0.2) is 77.9 Å². The minimum Gasteiger partial charge on any atom is -0.494 e. The molecule has 2 aliphatic heterocycles. The second-order valence-electron chi connectivity index (χ2n) is 9.00. The number of hydrazone groups is 1. The summed E-state index contributed by atoms with van der Waals surface area (Å²) in [6.07, 6.45) is 5.45. The Morgan fingerprint density at radius 1 is 0.939 bits per heavy atom. The molecule has 33 heavy (non-hydrogen) atoms. The summed E-state index contributed by atoms with van der Waals surface area (Å²) in [5.41, 5.74) is 5.83. The van der Waals surface area contributed by atoms with Gasteiger partial charge in [-0.1, -0.05) is 74.2 Å². The first kappa shape index (κ1) is 21.6. The van der Waals surface area contributed by atoms with E-state index >= 15 is 0 Å². The number of fused-ring (bicyclic) bond motifs is 3. The molecule has 0 aliphatic carbocycles. The predicted molar refractivity (Wildman–Crippen MR) is 133 cm³/mol. The van der Waals surface area contributed by atoms with Crippen LogP contribution in [0, 0.1) is 6.92 Å². The molecule has 0 saturated heterocycles. The third-order valence-corrected chi connectivity index (χ3v) is 6.52. The molecule has 2 atom stereocenters. The Hall–Kier alpha value is -3.27. The van der Waals surface area contributed by atoms with Crippen LogP contribution in [0.5, 0.6) is 11.5 Å². The van der Waals surface area contributed by atoms with Crippen molar-refractivity contribution < 1.29 is 9.47 Å². The number of benzene rings is 3. The molecule has 0 N–H and O–H groups in total. The highest BCUT2D eigenvalue weighted by atomic mass is 16.5. The number of hydrogen-bond acceptors (Lipinski definition) is 4. The fourth-order valence-corrected chi connectivity index (χ4v) is 4.62. The average molecular weight is 441 g/mol. The maximum Gasteiger partial charge on any atom is 0.213 e. The predicted octanol–water partition coefficient (Wildman–Crippen LogP) is 7.20. The Morgan fingerprint density at radius 2 is 1.73 bits per heavy atom. The number of hydrogen-bond donors (Lipinski definition) is 0. The average Bonchev–Trinajstić information content (AvgIpc) is 3.30. The highest BCUT2D eigenvalue weighted by molar-refractivity contribution is 6.02. The summed E-state index contributed by atoms with van der Waals surface area (Å²) in [6, 6.07) is 25.5. The first-order chi connectivity index (χ1) is 16.2. The van der Waals surface area contributed by atoms with Gasteiger partial charge in [-0.25, -0.2) is 5.01 Å². The molecule has 5 rings (SSSR count). The maximum atomic E-state index is 6.48. The van der Waals surface area contributed by atoms with Crippen LogP contribution in [0.3, 0.4) is 0 Å². The number of nitrogens with zero attached hydrogens (tertiary/aromatic N) is 2. The summed E-state index contributed by atoms with van der Waals surface area (Å²) in [5, 5.41) is 7.20. The second kappa shape index (κ2) is 9.70. The summed E-state index contributed by atoms with van der Waals surface area (Å²) in [7, 11) is 0. The molecular weight excluding hydrogens is 408 g/mol. The summed E-state index contributed by atoms with van der Waals surface area (Å²) >= 11 is 0. The molecule has 0 fully saturated rings. The van der Waals surface area contributed by atoms with Crippen molar-refractivity contribution in [1.82, 2.24) is 5.01 Å². The topological polar surface area (TPSA) is 34.1 Å². The summed E-state index contributed by atoms with van der Waals surface area (Å²) < 4.78 is 12.4. The fraction of sp³-hybridized carbons (Fsp3) is 0.345. The van der Waals surface area contributed by atoms with Crippen molar-refractivity contribution >= 4 is 5.71 Å². The normalized spacial score (nSPS) is 18.8. The molecule has 3 aromatic rings. The van der Waals surface area contributed by atoms with Gasteiger partial charge in [0, 0.05) is 17.5 Å². The van der Waals surface area contributed by atoms with Crippen molar-refractivity contribution in [3.8, 4) is 11.5 Å². The van der Waals surface area contributed by atoms with E-state index in [0.29, 0.717) is 0 Å². The number of aryl methyl sites for hydroxylation is 1. The van der Waals surface area contributed by atoms with Crippen molar-refractivity contribution in [3.63, 3.8) is 0 Å². The zero-order valence-electron chi connectivity index (χ0n) is 19.5. The van der Waals surface area contributed by atoms with Crippen LogP contribution >= 0.6 is 0 Å². The Bertz CT molecular complexity index is 1110. The minimum absolute atomic E-state index is 0.172. The Morgan fingerprint density at radius 3 is 2.52 bits per heavy atom. The van der Waals surface area contributed by atoms with Gasteiger partial charge >= 0.3 is 0 Å². The third-order valence-electron chi connectivity index (χ3n) is 6.52. The Labute approximate surface area is 196 Å². The van der Waals surface area contributed by atoms with E-state index in [0.717, 1.165) is 42.2 Å². The molecule has 0 saturated carbocycles. The molecule has 0 bridgehead atoms. The fourth-order valence-electron chi connectivity index (χ4n) is 4.62. The molecule has 4 heteroatoms. The molecule has 170 valence electrons. The van der Waals surface area contributed by atoms with Gasteiger partial charge in [-0.05, 0) is 49.2 Å². The third kappa shape index (κ3) is 4.61. The van der Waals surface area contributed by atoms with Gasteiger partial charge in [0.05, 0.1) is 18.4 Å². The summed E-state index contributed by atoms with van der Waals surface area (Å²) in [5.74, 6) is 1.86. The van der Waals surface area contributed by atoms with E-state index in [4.69, 9.17) is 14.6 Å². The first-order valence-electron chi connectivity index (χ1n) is 12.1. The van der Waals surface area contributed by atoms with Crippen LogP contribution in [0.4, 0.5) is 0 Å². The summed E-state index contributed by atoms with van der Waals surface area (Å²) in [6.45, 7) is 5.11. The van der Waals surface area contributed by atoms with Crippen LogP contribution in [0.1, 0.15) is 73.6 Å². The van der Waals surface area contributed by atoms with Crippen LogP contribution < -0.4 is 9.47 Å². The van der Waals surface area contributed by atoms with E-state index in [1.165, 1.54) is 36.0 Å². The molecule has 0 radical (unpaired) electrons. The quantitative estimate of drug-likeness (QED) is 0.347. The van der Waals surface area contributed by atoms with Gasteiger partial charge in [-0.15, -0.1) is 0 Å². The zero-order chi connectivity index (χ0) is 22.6. The molecule has 4 nitrogen and oxygen atoms in total. The lowest BCUT2D eigenvalue weighted by Gasteiger charge is -2.38. The van der Waals surface area contributed by atoms with Gasteiger partial charge in [0.15, 0.2) is 0 Å². The van der Waals surface area contributed by atoms with Gasteiger partial charge < -0.3 is 9.47 Å². The van der Waals surface area contributed by atoms with Gasteiger partial charge in [0.1, 0.15) is 11.5 Å². The van der Waals surface area contributed by atoms with E-state index in [-0.39, 0.29) is 12.3 Å². The monoisotopic (exact) mass is 440 g/mol. The van der Waals surface area contributed by atoms with E-state index in [1.54, 1.807) is 0 Å². The summed E-state index contributed by atoms with van der Waals surface area (Å²) in [4.78, 5) is 0. The second-order valence-corrected chi connectivity index (χ2v) is 9.00. The molecule has 2 heterocycles. The van der Waals surface area contributed by atoms with Gasteiger partial charge in [0.2, 0.25) is 6.23 Å². The van der Waals surface area contributed by atoms with Crippen molar-refractivity contribution in [1.29, 1.82) is 0 Å². The van der Waals surface area contributed by atoms with Crippen LogP contribution in [-0.2, 0) is 0 Å². The van der Waals surface area contributed by atoms with Crippen LogP contribution in [0.2, 0.25) is 0 Å².